The zero-order valence-electron chi connectivity index (χ0n) is 12.8. The summed E-state index contributed by atoms with van der Waals surface area (Å²) in [6, 6.07) is 18.3. The average molecular weight is 284 g/mol. The summed E-state index contributed by atoms with van der Waals surface area (Å²) in [6.45, 7) is 6.91. The molecule has 0 aliphatic heterocycles. The lowest BCUT2D eigenvalue weighted by Crippen LogP contribution is -2.33. The van der Waals surface area contributed by atoms with Crippen molar-refractivity contribution in [1.29, 1.82) is 0 Å². The highest BCUT2D eigenvalue weighted by Crippen LogP contribution is 2.26. The van der Waals surface area contributed by atoms with Crippen LogP contribution in [0.25, 0.3) is 0 Å². The third kappa shape index (κ3) is 4.06. The van der Waals surface area contributed by atoms with Crippen molar-refractivity contribution in [3.8, 4) is 11.5 Å². The highest BCUT2D eigenvalue weighted by Gasteiger charge is 2.16. The van der Waals surface area contributed by atoms with E-state index in [1.54, 1.807) is 0 Å². The van der Waals surface area contributed by atoms with Crippen molar-refractivity contribution in [2.45, 2.75) is 19.9 Å². The highest BCUT2D eigenvalue weighted by atomic mass is 16.5. The van der Waals surface area contributed by atoms with Gasteiger partial charge in [-0.25, -0.2) is 0 Å². The van der Waals surface area contributed by atoms with Crippen LogP contribution in [0, 0.1) is 0 Å². The molecular weight excluding hydrogens is 260 g/mol. The van der Waals surface area contributed by atoms with Gasteiger partial charge in [-0.2, -0.15) is 0 Å². The minimum Gasteiger partial charge on any atom is -0.457 e. The number of hydrogen-bond acceptors (Lipinski definition) is 3. The molecule has 0 aliphatic rings. The number of para-hydroxylation sites is 1. The minimum absolute atomic E-state index is 0.235. The summed E-state index contributed by atoms with van der Waals surface area (Å²) in [5.74, 6) is 1.70. The summed E-state index contributed by atoms with van der Waals surface area (Å²) >= 11 is 0. The van der Waals surface area contributed by atoms with Crippen molar-refractivity contribution in [3.63, 3.8) is 0 Å². The van der Waals surface area contributed by atoms with Crippen LogP contribution in [-0.2, 0) is 0 Å². The Kier molecular flexibility index (Phi) is 5.78. The molecule has 2 rings (SSSR count). The van der Waals surface area contributed by atoms with Gasteiger partial charge in [0.05, 0.1) is 0 Å². The van der Waals surface area contributed by atoms with E-state index in [1.165, 1.54) is 5.56 Å². The molecule has 0 amide bonds. The van der Waals surface area contributed by atoms with E-state index in [2.05, 4.69) is 30.9 Å². The smallest absolute Gasteiger partial charge is 0.127 e. The van der Waals surface area contributed by atoms with Crippen molar-refractivity contribution in [2.24, 2.45) is 5.73 Å². The molecule has 0 bridgehead atoms. The number of nitrogens with zero attached hydrogens (tertiary/aromatic N) is 1. The maximum atomic E-state index is 5.98. The molecule has 1 unspecified atom stereocenters. The van der Waals surface area contributed by atoms with Gasteiger partial charge < -0.3 is 10.5 Å². The monoisotopic (exact) mass is 284 g/mol. The topological polar surface area (TPSA) is 38.5 Å². The minimum atomic E-state index is 0.235. The summed E-state index contributed by atoms with van der Waals surface area (Å²) in [5.41, 5.74) is 7.18. The molecule has 2 N–H and O–H groups in total. The summed E-state index contributed by atoms with van der Waals surface area (Å²) in [6.07, 6.45) is 0. The molecular formula is C18H24N2O. The van der Waals surface area contributed by atoms with E-state index in [0.29, 0.717) is 6.54 Å². The van der Waals surface area contributed by atoms with Crippen LogP contribution < -0.4 is 10.5 Å². The molecule has 0 aliphatic carbocycles. The van der Waals surface area contributed by atoms with Gasteiger partial charge >= 0.3 is 0 Å². The van der Waals surface area contributed by atoms with Crippen molar-refractivity contribution in [2.75, 3.05) is 19.6 Å². The van der Waals surface area contributed by atoms with Crippen molar-refractivity contribution >= 4 is 0 Å². The molecule has 0 heterocycles. The maximum Gasteiger partial charge on any atom is 0.127 e. The van der Waals surface area contributed by atoms with Crippen LogP contribution >= 0.6 is 0 Å². The Morgan fingerprint density at radius 1 is 0.952 bits per heavy atom. The van der Waals surface area contributed by atoms with Crippen LogP contribution in [0.3, 0.4) is 0 Å². The predicted octanol–water partition coefficient (Wildman–Crippen LogP) is 3.82. The fourth-order valence-corrected chi connectivity index (χ4v) is 2.57. The molecule has 21 heavy (non-hydrogen) atoms. The van der Waals surface area contributed by atoms with Gasteiger partial charge in [0.1, 0.15) is 11.5 Å². The summed E-state index contributed by atoms with van der Waals surface area (Å²) < 4.78 is 5.90. The van der Waals surface area contributed by atoms with E-state index in [0.717, 1.165) is 24.6 Å². The zero-order valence-corrected chi connectivity index (χ0v) is 12.8. The average Bonchev–Trinajstić information content (AvgIpc) is 2.53. The van der Waals surface area contributed by atoms with E-state index in [-0.39, 0.29) is 6.04 Å². The Morgan fingerprint density at radius 3 is 2.24 bits per heavy atom. The largest absolute Gasteiger partial charge is 0.457 e. The number of rotatable bonds is 7. The molecule has 0 spiro atoms. The standard InChI is InChI=1S/C18H24N2O/c1-3-20(4-2)18(14-19)15-9-8-12-17(13-15)21-16-10-6-5-7-11-16/h5-13,18H,3-4,14,19H2,1-2H3. The van der Waals surface area contributed by atoms with Gasteiger partial charge in [-0.05, 0) is 42.9 Å². The first-order valence-electron chi connectivity index (χ1n) is 7.55. The molecule has 3 heteroatoms. The lowest BCUT2D eigenvalue weighted by atomic mass is 10.0. The lowest BCUT2D eigenvalue weighted by molar-refractivity contribution is 0.223. The molecule has 3 nitrogen and oxygen atoms in total. The van der Waals surface area contributed by atoms with Crippen molar-refractivity contribution in [1.82, 2.24) is 4.90 Å². The second kappa shape index (κ2) is 7.81. The van der Waals surface area contributed by atoms with Gasteiger partial charge in [-0.3, -0.25) is 4.90 Å². The normalized spacial score (nSPS) is 12.4. The second-order valence-corrected chi connectivity index (χ2v) is 4.96. The number of hydrogen-bond donors (Lipinski definition) is 1. The van der Waals surface area contributed by atoms with Gasteiger partial charge in [0.25, 0.3) is 0 Å². The predicted molar refractivity (Wildman–Crippen MR) is 87.7 cm³/mol. The van der Waals surface area contributed by atoms with E-state index >= 15 is 0 Å². The third-order valence-electron chi connectivity index (χ3n) is 3.70. The van der Waals surface area contributed by atoms with Gasteiger partial charge in [0.15, 0.2) is 0 Å². The Hall–Kier alpha value is -1.84. The first-order valence-corrected chi connectivity index (χ1v) is 7.55. The first-order chi connectivity index (χ1) is 10.3. The Labute approximate surface area is 127 Å². The fourth-order valence-electron chi connectivity index (χ4n) is 2.57. The van der Waals surface area contributed by atoms with E-state index in [9.17, 15) is 0 Å². The van der Waals surface area contributed by atoms with E-state index in [4.69, 9.17) is 10.5 Å². The molecule has 112 valence electrons. The number of likely N-dealkylation sites (N-methyl/N-ethyl adjacent to an activating group) is 1. The molecule has 1 atom stereocenters. The van der Waals surface area contributed by atoms with Gasteiger partial charge in [-0.1, -0.05) is 44.2 Å². The van der Waals surface area contributed by atoms with Crippen LogP contribution in [0.5, 0.6) is 11.5 Å². The van der Waals surface area contributed by atoms with Crippen LogP contribution in [0.4, 0.5) is 0 Å². The van der Waals surface area contributed by atoms with E-state index < -0.39 is 0 Å². The van der Waals surface area contributed by atoms with Crippen molar-refractivity contribution in [3.05, 3.63) is 60.2 Å². The molecule has 2 aromatic rings. The number of ether oxygens (including phenoxy) is 1. The summed E-state index contributed by atoms with van der Waals surface area (Å²) in [7, 11) is 0. The van der Waals surface area contributed by atoms with Gasteiger partial charge in [0.2, 0.25) is 0 Å². The molecule has 0 saturated carbocycles. The molecule has 0 aromatic heterocycles. The molecule has 0 radical (unpaired) electrons. The Morgan fingerprint density at radius 2 is 1.62 bits per heavy atom. The van der Waals surface area contributed by atoms with Crippen LogP contribution in [0.15, 0.2) is 54.6 Å². The van der Waals surface area contributed by atoms with E-state index in [1.807, 2.05) is 42.5 Å². The SMILES string of the molecule is CCN(CC)C(CN)c1cccc(Oc2ccccc2)c1. The second-order valence-electron chi connectivity index (χ2n) is 4.96. The summed E-state index contributed by atoms with van der Waals surface area (Å²) in [5, 5.41) is 0. The van der Waals surface area contributed by atoms with Crippen LogP contribution in [-0.4, -0.2) is 24.5 Å². The first kappa shape index (κ1) is 15.5. The lowest BCUT2D eigenvalue weighted by Gasteiger charge is -2.29. The highest BCUT2D eigenvalue weighted by molar-refractivity contribution is 5.35. The molecule has 0 fully saturated rings. The summed E-state index contributed by atoms with van der Waals surface area (Å²) in [4.78, 5) is 2.36. The van der Waals surface area contributed by atoms with Gasteiger partial charge in [-0.15, -0.1) is 0 Å². The maximum absolute atomic E-state index is 5.98. The quantitative estimate of drug-likeness (QED) is 0.840. The van der Waals surface area contributed by atoms with Crippen LogP contribution in [0.2, 0.25) is 0 Å². The zero-order chi connectivity index (χ0) is 15.1. The number of benzene rings is 2. The van der Waals surface area contributed by atoms with Crippen molar-refractivity contribution < 1.29 is 4.74 Å². The van der Waals surface area contributed by atoms with Crippen LogP contribution in [0.1, 0.15) is 25.5 Å². The van der Waals surface area contributed by atoms with Gasteiger partial charge in [0, 0.05) is 12.6 Å². The molecule has 2 aromatic carbocycles. The third-order valence-corrected chi connectivity index (χ3v) is 3.70. The molecule has 0 saturated heterocycles. The number of nitrogens with two attached hydrogens (primary N) is 1. The Bertz CT molecular complexity index is 538. The fraction of sp³-hybridized carbons (Fsp3) is 0.333. The Balaban J connectivity index is 2.20.